The maximum Gasteiger partial charge on any atom is 0.337 e. The van der Waals surface area contributed by atoms with E-state index in [0.29, 0.717) is 5.56 Å². The minimum absolute atomic E-state index is 0.189. The number of aryl methyl sites for hydroxylation is 1. The van der Waals surface area contributed by atoms with Crippen molar-refractivity contribution >= 4 is 17.3 Å². The summed E-state index contributed by atoms with van der Waals surface area (Å²) in [4.78, 5) is 16.8. The van der Waals surface area contributed by atoms with E-state index in [1.54, 1.807) is 11.3 Å². The highest BCUT2D eigenvalue weighted by Gasteiger charge is 2.33. The van der Waals surface area contributed by atoms with Gasteiger partial charge in [-0.25, -0.2) is 4.79 Å². The first-order chi connectivity index (χ1) is 11.9. The van der Waals surface area contributed by atoms with Gasteiger partial charge >= 0.3 is 5.97 Å². The zero-order valence-corrected chi connectivity index (χ0v) is 16.0. The fourth-order valence-corrected chi connectivity index (χ4v) is 5.66. The molecule has 1 aliphatic carbocycles. The molecule has 4 heteroatoms. The molecule has 0 spiro atoms. The molecule has 0 saturated heterocycles. The molecule has 4 rings (SSSR count). The van der Waals surface area contributed by atoms with E-state index in [1.165, 1.54) is 16.0 Å². The first-order valence-electron chi connectivity index (χ1n) is 9.03. The zero-order valence-electron chi connectivity index (χ0n) is 15.2. The third-order valence-corrected chi connectivity index (χ3v) is 7.02. The minimum Gasteiger partial charge on any atom is -0.478 e. The number of hydrogen-bond acceptors (Lipinski definition) is 3. The lowest BCUT2D eigenvalue weighted by Crippen LogP contribution is -2.26. The second-order valence-corrected chi connectivity index (χ2v) is 9.39. The topological polar surface area (TPSA) is 40.5 Å². The van der Waals surface area contributed by atoms with Crippen LogP contribution in [0.25, 0.3) is 10.4 Å². The molecule has 0 atom stereocenters. The van der Waals surface area contributed by atoms with Crippen LogP contribution in [0.4, 0.5) is 0 Å². The van der Waals surface area contributed by atoms with Gasteiger partial charge in [-0.05, 0) is 60.4 Å². The van der Waals surface area contributed by atoms with E-state index in [-0.39, 0.29) is 5.41 Å². The monoisotopic (exact) mass is 355 g/mol. The average Bonchev–Trinajstić information content (AvgIpc) is 2.91. The van der Waals surface area contributed by atoms with Gasteiger partial charge in [0.25, 0.3) is 0 Å². The smallest absolute Gasteiger partial charge is 0.337 e. The molecule has 0 amide bonds. The summed E-state index contributed by atoms with van der Waals surface area (Å²) in [5.74, 6) is -0.768. The summed E-state index contributed by atoms with van der Waals surface area (Å²) in [5, 5.41) is 9.99. The Morgan fingerprint density at radius 1 is 1.24 bits per heavy atom. The van der Waals surface area contributed by atoms with Gasteiger partial charge in [-0.3, -0.25) is 0 Å². The van der Waals surface area contributed by atoms with Crippen LogP contribution in [0.2, 0.25) is 0 Å². The van der Waals surface area contributed by atoms with Gasteiger partial charge in [0.05, 0.1) is 5.56 Å². The van der Waals surface area contributed by atoms with Gasteiger partial charge in [0.15, 0.2) is 0 Å². The van der Waals surface area contributed by atoms with E-state index >= 15 is 0 Å². The summed E-state index contributed by atoms with van der Waals surface area (Å²) in [7, 11) is 2.14. The fraction of sp³-hybridized carbons (Fsp3) is 0.476. The Labute approximate surface area is 153 Å². The average molecular weight is 356 g/mol. The fourth-order valence-electron chi connectivity index (χ4n) is 4.30. The minimum atomic E-state index is -0.768. The number of hydrogen-bond donors (Lipinski definition) is 1. The Balaban J connectivity index is 1.89. The summed E-state index contributed by atoms with van der Waals surface area (Å²) in [5.41, 5.74) is 5.69. The molecule has 0 fully saturated rings. The van der Waals surface area contributed by atoms with Crippen LogP contribution in [0.1, 0.15) is 52.2 Å². The van der Waals surface area contributed by atoms with Crippen LogP contribution in [0, 0.1) is 5.41 Å². The molecule has 2 aromatic rings. The molecule has 1 aromatic heterocycles. The summed E-state index contributed by atoms with van der Waals surface area (Å²) in [6.07, 6.45) is 4.01. The van der Waals surface area contributed by atoms with Crippen molar-refractivity contribution in [3.8, 4) is 10.4 Å². The van der Waals surface area contributed by atoms with Crippen molar-refractivity contribution < 1.29 is 9.90 Å². The van der Waals surface area contributed by atoms with Gasteiger partial charge in [-0.2, -0.15) is 0 Å². The van der Waals surface area contributed by atoms with Crippen molar-refractivity contribution in [3.05, 3.63) is 45.3 Å². The summed E-state index contributed by atoms with van der Waals surface area (Å²) in [6, 6.07) is 6.40. The van der Waals surface area contributed by atoms with Crippen molar-refractivity contribution in [2.45, 2.75) is 46.1 Å². The summed E-state index contributed by atoms with van der Waals surface area (Å²) in [6.45, 7) is 6.48. The molecule has 132 valence electrons. The molecular weight excluding hydrogens is 330 g/mol. The van der Waals surface area contributed by atoms with E-state index in [9.17, 15) is 9.90 Å². The first kappa shape index (κ1) is 16.8. The Kier molecular flexibility index (Phi) is 4.00. The van der Waals surface area contributed by atoms with E-state index in [2.05, 4.69) is 44.0 Å². The molecule has 0 bridgehead atoms. The third kappa shape index (κ3) is 2.91. The molecule has 2 heterocycles. The largest absolute Gasteiger partial charge is 0.478 e. The van der Waals surface area contributed by atoms with Gasteiger partial charge in [-0.15, -0.1) is 11.3 Å². The number of carbonyl (C=O) groups is 1. The predicted octanol–water partition coefficient (Wildman–Crippen LogP) is 4.62. The molecular formula is C21H25NO2S. The zero-order chi connectivity index (χ0) is 17.8. The van der Waals surface area contributed by atoms with Crippen LogP contribution in [-0.4, -0.2) is 29.6 Å². The number of likely N-dealkylation sites (N-methyl/N-ethyl adjacent to an activating group) is 1. The van der Waals surface area contributed by atoms with Crippen molar-refractivity contribution in [2.24, 2.45) is 5.41 Å². The van der Waals surface area contributed by atoms with Crippen LogP contribution < -0.4 is 0 Å². The Morgan fingerprint density at radius 2 is 2.04 bits per heavy atom. The molecule has 25 heavy (non-hydrogen) atoms. The highest BCUT2D eigenvalue weighted by Crippen LogP contribution is 2.46. The second-order valence-electron chi connectivity index (χ2n) is 8.29. The Bertz CT molecular complexity index is 850. The highest BCUT2D eigenvalue weighted by atomic mass is 32.1. The lowest BCUT2D eigenvalue weighted by atomic mass is 9.75. The molecule has 2 aliphatic rings. The number of aromatic carboxylic acids is 1. The van der Waals surface area contributed by atoms with Crippen molar-refractivity contribution in [1.29, 1.82) is 0 Å². The van der Waals surface area contributed by atoms with Gasteiger partial charge in [-0.1, -0.05) is 32.0 Å². The molecule has 3 nitrogen and oxygen atoms in total. The van der Waals surface area contributed by atoms with E-state index < -0.39 is 5.97 Å². The SMILES string of the molecule is CN1CCc2c(cccc2-c2sc3c(c2C(=O)O)CC(C)(C)CC3)C1. The van der Waals surface area contributed by atoms with Crippen LogP contribution in [0.5, 0.6) is 0 Å². The second kappa shape index (κ2) is 5.96. The number of benzene rings is 1. The van der Waals surface area contributed by atoms with Gasteiger partial charge < -0.3 is 10.0 Å². The van der Waals surface area contributed by atoms with Crippen LogP contribution >= 0.6 is 11.3 Å². The number of rotatable bonds is 2. The quantitative estimate of drug-likeness (QED) is 0.855. The third-order valence-electron chi connectivity index (χ3n) is 5.69. The number of nitrogens with zero attached hydrogens (tertiary/aromatic N) is 1. The molecule has 0 saturated carbocycles. The van der Waals surface area contributed by atoms with Crippen molar-refractivity contribution in [2.75, 3.05) is 13.6 Å². The van der Waals surface area contributed by atoms with E-state index in [1.807, 2.05) is 0 Å². The number of carboxylic acids is 1. The molecule has 1 aromatic carbocycles. The first-order valence-corrected chi connectivity index (χ1v) is 9.85. The predicted molar refractivity (Wildman–Crippen MR) is 103 cm³/mol. The van der Waals surface area contributed by atoms with Gasteiger partial charge in [0.2, 0.25) is 0 Å². The number of carboxylic acid groups (broad SMARTS) is 1. The van der Waals surface area contributed by atoms with Crippen molar-refractivity contribution in [1.82, 2.24) is 4.90 Å². The summed E-state index contributed by atoms with van der Waals surface area (Å²) >= 11 is 1.72. The lowest BCUT2D eigenvalue weighted by Gasteiger charge is -2.29. The normalized spacial score (nSPS) is 19.3. The van der Waals surface area contributed by atoms with Crippen LogP contribution in [-0.2, 0) is 25.8 Å². The van der Waals surface area contributed by atoms with Gasteiger partial charge in [0.1, 0.15) is 0 Å². The molecule has 0 unspecified atom stereocenters. The van der Waals surface area contributed by atoms with Gasteiger partial charge in [0, 0.05) is 22.8 Å². The Hall–Kier alpha value is -1.65. The molecule has 1 N–H and O–H groups in total. The summed E-state index contributed by atoms with van der Waals surface area (Å²) < 4.78 is 0. The van der Waals surface area contributed by atoms with Crippen molar-refractivity contribution in [3.63, 3.8) is 0 Å². The number of thiophene rings is 1. The Morgan fingerprint density at radius 3 is 2.80 bits per heavy atom. The highest BCUT2D eigenvalue weighted by molar-refractivity contribution is 7.16. The lowest BCUT2D eigenvalue weighted by molar-refractivity contribution is 0.0696. The number of fused-ring (bicyclic) bond motifs is 2. The standard InChI is InChI=1S/C21H25NO2S/c1-21(2)9-7-17-16(11-21)18(20(23)24)19(25-17)15-6-4-5-13-12-22(3)10-8-14(13)15/h4-6H,7-12H2,1-3H3,(H,23,24). The maximum atomic E-state index is 12.2. The van der Waals surface area contributed by atoms with Crippen LogP contribution in [0.3, 0.4) is 0 Å². The maximum absolute atomic E-state index is 12.2. The van der Waals surface area contributed by atoms with Crippen LogP contribution in [0.15, 0.2) is 18.2 Å². The molecule has 0 radical (unpaired) electrons. The van der Waals surface area contributed by atoms with E-state index in [4.69, 9.17) is 0 Å². The van der Waals surface area contributed by atoms with E-state index in [0.717, 1.165) is 54.8 Å². The molecule has 1 aliphatic heterocycles.